The molecule has 0 saturated carbocycles. The second-order valence-corrected chi connectivity index (χ2v) is 5.78. The van der Waals surface area contributed by atoms with Gasteiger partial charge in [0.2, 0.25) is 0 Å². The van der Waals surface area contributed by atoms with E-state index in [4.69, 9.17) is 10.5 Å². The Bertz CT molecular complexity index is 712. The third-order valence-corrected chi connectivity index (χ3v) is 3.96. The Labute approximate surface area is 149 Å². The van der Waals surface area contributed by atoms with Crippen molar-refractivity contribution in [2.45, 2.75) is 27.2 Å². The Morgan fingerprint density at radius 1 is 1.12 bits per heavy atom. The minimum atomic E-state index is -0.183. The molecule has 0 bridgehead atoms. The van der Waals surface area contributed by atoms with Crippen LogP contribution < -0.4 is 20.7 Å². The lowest BCUT2D eigenvalue weighted by molar-refractivity contribution is 0.102. The van der Waals surface area contributed by atoms with Crippen LogP contribution in [-0.4, -0.2) is 25.6 Å². The molecule has 0 aliphatic rings. The second-order valence-electron chi connectivity index (χ2n) is 5.78. The maximum absolute atomic E-state index is 12.5. The topological polar surface area (TPSA) is 67.6 Å². The highest BCUT2D eigenvalue weighted by molar-refractivity contribution is 6.04. The van der Waals surface area contributed by atoms with Gasteiger partial charge in [-0.1, -0.05) is 13.0 Å². The summed E-state index contributed by atoms with van der Waals surface area (Å²) in [6.07, 6.45) is 0.925. The van der Waals surface area contributed by atoms with Gasteiger partial charge in [0.1, 0.15) is 5.75 Å². The highest BCUT2D eigenvalue weighted by atomic mass is 16.5. The summed E-state index contributed by atoms with van der Waals surface area (Å²) in [7, 11) is 0. The highest BCUT2D eigenvalue weighted by Crippen LogP contribution is 2.27. The van der Waals surface area contributed by atoms with Crippen LogP contribution in [0.5, 0.6) is 5.75 Å². The molecule has 5 nitrogen and oxygen atoms in total. The van der Waals surface area contributed by atoms with Crippen LogP contribution in [0, 0.1) is 0 Å². The first-order valence-electron chi connectivity index (χ1n) is 8.77. The number of nitrogen functional groups attached to an aromatic ring is 1. The summed E-state index contributed by atoms with van der Waals surface area (Å²) in [5.74, 6) is 0.517. The van der Waals surface area contributed by atoms with Crippen LogP contribution in [0.1, 0.15) is 37.6 Å². The molecule has 0 atom stereocenters. The van der Waals surface area contributed by atoms with Crippen molar-refractivity contribution in [3.63, 3.8) is 0 Å². The van der Waals surface area contributed by atoms with Crippen LogP contribution >= 0.6 is 0 Å². The number of rotatable bonds is 8. The monoisotopic (exact) mass is 341 g/mol. The predicted octanol–water partition coefficient (Wildman–Crippen LogP) is 4.16. The van der Waals surface area contributed by atoms with E-state index in [1.807, 2.05) is 31.2 Å². The summed E-state index contributed by atoms with van der Waals surface area (Å²) < 4.78 is 5.58. The molecule has 0 aromatic heterocycles. The number of carbonyl (C=O) groups excluding carboxylic acids is 1. The third kappa shape index (κ3) is 4.89. The van der Waals surface area contributed by atoms with Crippen LogP contribution in [-0.2, 0) is 0 Å². The number of nitrogens with one attached hydrogen (secondary N) is 1. The Morgan fingerprint density at radius 3 is 2.52 bits per heavy atom. The fourth-order valence-electron chi connectivity index (χ4n) is 2.63. The molecular formula is C20H27N3O2. The molecule has 0 heterocycles. The SMILES string of the molecule is CCCOc1cccc(C(=O)Nc2ccc(N(CC)CC)c(N)c2)c1. The lowest BCUT2D eigenvalue weighted by Crippen LogP contribution is -2.23. The van der Waals surface area contributed by atoms with Gasteiger partial charge in [-0.05, 0) is 56.7 Å². The maximum Gasteiger partial charge on any atom is 0.255 e. The van der Waals surface area contributed by atoms with Gasteiger partial charge in [0, 0.05) is 24.3 Å². The number of hydrogen-bond acceptors (Lipinski definition) is 4. The van der Waals surface area contributed by atoms with Crippen molar-refractivity contribution in [2.24, 2.45) is 0 Å². The zero-order valence-electron chi connectivity index (χ0n) is 15.2. The van der Waals surface area contributed by atoms with Crippen LogP contribution in [0.25, 0.3) is 0 Å². The van der Waals surface area contributed by atoms with Gasteiger partial charge in [0.25, 0.3) is 5.91 Å². The fraction of sp³-hybridized carbons (Fsp3) is 0.350. The minimum absolute atomic E-state index is 0.183. The number of nitrogens with zero attached hydrogens (tertiary/aromatic N) is 1. The third-order valence-electron chi connectivity index (χ3n) is 3.96. The van der Waals surface area contributed by atoms with Gasteiger partial charge in [-0.3, -0.25) is 4.79 Å². The van der Waals surface area contributed by atoms with Crippen molar-refractivity contribution >= 4 is 23.0 Å². The zero-order chi connectivity index (χ0) is 18.2. The summed E-state index contributed by atoms with van der Waals surface area (Å²) in [6, 6.07) is 12.8. The van der Waals surface area contributed by atoms with Gasteiger partial charge < -0.3 is 20.7 Å². The molecule has 0 fully saturated rings. The van der Waals surface area contributed by atoms with Gasteiger partial charge in [0.15, 0.2) is 0 Å². The molecule has 134 valence electrons. The molecule has 25 heavy (non-hydrogen) atoms. The maximum atomic E-state index is 12.5. The summed E-state index contributed by atoms with van der Waals surface area (Å²) in [4.78, 5) is 14.6. The molecule has 0 spiro atoms. The molecule has 1 amide bonds. The average molecular weight is 341 g/mol. The van der Waals surface area contributed by atoms with Crippen molar-refractivity contribution in [1.29, 1.82) is 0 Å². The standard InChI is InChI=1S/C20H27N3O2/c1-4-12-25-17-9-7-8-15(13-17)20(24)22-16-10-11-19(18(21)14-16)23(5-2)6-3/h7-11,13-14H,4-6,12,21H2,1-3H3,(H,22,24). The van der Waals surface area contributed by atoms with Crippen molar-refractivity contribution < 1.29 is 9.53 Å². The minimum Gasteiger partial charge on any atom is -0.494 e. The lowest BCUT2D eigenvalue weighted by atomic mass is 10.1. The number of hydrogen-bond donors (Lipinski definition) is 2. The Morgan fingerprint density at radius 2 is 1.88 bits per heavy atom. The van der Waals surface area contributed by atoms with E-state index in [1.54, 1.807) is 18.2 Å². The Kier molecular flexibility index (Phi) is 6.69. The smallest absolute Gasteiger partial charge is 0.255 e. The largest absolute Gasteiger partial charge is 0.494 e. The number of amides is 1. The molecule has 0 aliphatic heterocycles. The van der Waals surface area contributed by atoms with Gasteiger partial charge >= 0.3 is 0 Å². The van der Waals surface area contributed by atoms with Gasteiger partial charge in [-0.15, -0.1) is 0 Å². The lowest BCUT2D eigenvalue weighted by Gasteiger charge is -2.23. The van der Waals surface area contributed by atoms with Crippen molar-refractivity contribution in [2.75, 3.05) is 35.6 Å². The average Bonchev–Trinajstić information content (AvgIpc) is 2.62. The molecule has 0 unspecified atom stereocenters. The molecule has 0 saturated heterocycles. The first-order valence-corrected chi connectivity index (χ1v) is 8.77. The summed E-state index contributed by atoms with van der Waals surface area (Å²) in [5, 5.41) is 2.89. The highest BCUT2D eigenvalue weighted by Gasteiger charge is 2.10. The van der Waals surface area contributed by atoms with Gasteiger partial charge in [-0.25, -0.2) is 0 Å². The van der Waals surface area contributed by atoms with E-state index in [0.717, 1.165) is 25.2 Å². The molecule has 2 aromatic carbocycles. The summed E-state index contributed by atoms with van der Waals surface area (Å²) in [6.45, 7) is 8.63. The van der Waals surface area contributed by atoms with Crippen molar-refractivity contribution in [3.05, 3.63) is 48.0 Å². The number of carbonyl (C=O) groups is 1. The number of nitrogens with two attached hydrogens (primary N) is 1. The van der Waals surface area contributed by atoms with E-state index in [-0.39, 0.29) is 5.91 Å². The summed E-state index contributed by atoms with van der Waals surface area (Å²) in [5.41, 5.74) is 9.03. The van der Waals surface area contributed by atoms with E-state index in [9.17, 15) is 4.79 Å². The van der Waals surface area contributed by atoms with Gasteiger partial charge in [0.05, 0.1) is 18.0 Å². The molecule has 3 N–H and O–H groups in total. The normalized spacial score (nSPS) is 10.4. The van der Waals surface area contributed by atoms with Crippen LogP contribution in [0.2, 0.25) is 0 Å². The van der Waals surface area contributed by atoms with Crippen molar-refractivity contribution in [3.8, 4) is 5.75 Å². The van der Waals surface area contributed by atoms with E-state index >= 15 is 0 Å². The van der Waals surface area contributed by atoms with E-state index in [2.05, 4.69) is 24.1 Å². The molecule has 5 heteroatoms. The second kappa shape index (κ2) is 8.97. The van der Waals surface area contributed by atoms with Gasteiger partial charge in [-0.2, -0.15) is 0 Å². The van der Waals surface area contributed by atoms with E-state index in [0.29, 0.717) is 29.3 Å². The Balaban J connectivity index is 2.11. The Hall–Kier alpha value is -2.69. The first-order chi connectivity index (χ1) is 12.1. The molecule has 0 radical (unpaired) electrons. The number of benzene rings is 2. The van der Waals surface area contributed by atoms with Crippen molar-refractivity contribution in [1.82, 2.24) is 0 Å². The van der Waals surface area contributed by atoms with E-state index < -0.39 is 0 Å². The fourth-order valence-corrected chi connectivity index (χ4v) is 2.63. The molecule has 2 aromatic rings. The first kappa shape index (κ1) is 18.6. The number of anilines is 3. The molecule has 0 aliphatic carbocycles. The summed E-state index contributed by atoms with van der Waals surface area (Å²) >= 11 is 0. The van der Waals surface area contributed by atoms with Crippen LogP contribution in [0.15, 0.2) is 42.5 Å². The molecular weight excluding hydrogens is 314 g/mol. The van der Waals surface area contributed by atoms with Crippen LogP contribution in [0.4, 0.5) is 17.1 Å². The predicted molar refractivity (Wildman–Crippen MR) is 105 cm³/mol. The van der Waals surface area contributed by atoms with E-state index in [1.165, 1.54) is 0 Å². The van der Waals surface area contributed by atoms with Crippen LogP contribution in [0.3, 0.4) is 0 Å². The molecule has 2 rings (SSSR count). The quantitative estimate of drug-likeness (QED) is 0.708. The zero-order valence-corrected chi connectivity index (χ0v) is 15.2. The number of ether oxygens (including phenoxy) is 1.